The lowest BCUT2D eigenvalue weighted by Gasteiger charge is -2.19. The summed E-state index contributed by atoms with van der Waals surface area (Å²) in [5.41, 5.74) is 5.36. The number of methoxy groups -OCH3 is 1. The van der Waals surface area contributed by atoms with Gasteiger partial charge in [-0.3, -0.25) is 4.79 Å². The zero-order chi connectivity index (χ0) is 38.7. The van der Waals surface area contributed by atoms with Crippen molar-refractivity contribution in [2.75, 3.05) is 53.2 Å². The van der Waals surface area contributed by atoms with E-state index in [1.807, 2.05) is 74.5 Å². The van der Waals surface area contributed by atoms with Crippen LogP contribution in [0.15, 0.2) is 72.8 Å². The molecule has 5 aromatic rings. The molecule has 2 aromatic heterocycles. The van der Waals surface area contributed by atoms with Gasteiger partial charge in [0, 0.05) is 35.2 Å². The van der Waals surface area contributed by atoms with Crippen molar-refractivity contribution >= 4 is 34.3 Å². The number of alkyl carbamates (subject to hydrolysis) is 1. The van der Waals surface area contributed by atoms with Gasteiger partial charge in [-0.1, -0.05) is 42.5 Å². The van der Waals surface area contributed by atoms with Gasteiger partial charge >= 0.3 is 12.1 Å². The first-order chi connectivity index (χ1) is 26.0. The fraction of sp³-hybridized carbons (Fsp3) is 0.381. The van der Waals surface area contributed by atoms with Crippen LogP contribution in [0.5, 0.6) is 5.75 Å². The fourth-order valence-electron chi connectivity index (χ4n) is 6.27. The minimum absolute atomic E-state index is 0.209. The van der Waals surface area contributed by atoms with Crippen molar-refractivity contribution < 1.29 is 38.1 Å². The van der Waals surface area contributed by atoms with Crippen LogP contribution >= 0.6 is 0 Å². The predicted octanol–water partition coefficient (Wildman–Crippen LogP) is 6.86. The van der Waals surface area contributed by atoms with Crippen LogP contribution < -0.4 is 15.4 Å². The van der Waals surface area contributed by atoms with Crippen molar-refractivity contribution in [2.45, 2.75) is 53.1 Å². The number of hydrogen-bond acceptors (Lipinski definition) is 9. The summed E-state index contributed by atoms with van der Waals surface area (Å²) in [4.78, 5) is 37.7. The molecule has 12 nitrogen and oxygen atoms in total. The maximum absolute atomic E-state index is 13.1. The number of nitrogens with one attached hydrogen (secondary N) is 2. The van der Waals surface area contributed by atoms with Crippen LogP contribution in [0.2, 0.25) is 0 Å². The molecular formula is C42H50N4O8. The van der Waals surface area contributed by atoms with Crippen LogP contribution in [0, 0.1) is 13.8 Å². The average molecular weight is 739 g/mol. The third-order valence-electron chi connectivity index (χ3n) is 8.59. The van der Waals surface area contributed by atoms with E-state index < -0.39 is 17.7 Å². The van der Waals surface area contributed by atoms with Gasteiger partial charge in [-0.15, -0.1) is 0 Å². The number of carbonyl (C=O) groups excluding carboxylic acids is 3. The number of carbonyl (C=O) groups is 3. The number of esters is 1. The van der Waals surface area contributed by atoms with E-state index in [1.54, 1.807) is 25.3 Å². The molecule has 0 saturated heterocycles. The monoisotopic (exact) mass is 738 g/mol. The molecule has 0 aliphatic carbocycles. The number of benzene rings is 3. The van der Waals surface area contributed by atoms with Gasteiger partial charge < -0.3 is 34.3 Å². The summed E-state index contributed by atoms with van der Waals surface area (Å²) in [6, 6.07) is 23.7. The summed E-state index contributed by atoms with van der Waals surface area (Å²) < 4.78 is 29.3. The van der Waals surface area contributed by atoms with E-state index in [0.717, 1.165) is 50.0 Å². The first kappa shape index (κ1) is 39.7. The smallest absolute Gasteiger partial charge is 0.407 e. The molecule has 2 heterocycles. The summed E-state index contributed by atoms with van der Waals surface area (Å²) in [6.45, 7) is 11.8. The molecule has 3 aromatic carbocycles. The molecule has 5 rings (SSSR count). The molecule has 0 fully saturated rings. The number of nitrogens with zero attached hydrogens (tertiary/aromatic N) is 2. The zero-order valence-corrected chi connectivity index (χ0v) is 32.0. The Balaban J connectivity index is 1.17. The van der Waals surface area contributed by atoms with Crippen LogP contribution in [0.4, 0.5) is 4.79 Å². The van der Waals surface area contributed by atoms with Crippen LogP contribution in [0.25, 0.3) is 27.5 Å². The standard InChI is InChI=1S/C42H50N4O8/c1-28-26-31(39(47)43-19-22-51-24-25-52-23-20-44-41(49)54-42(3,4)5)27-29(2)37(28)35-17-10-16-34-33(38(40(48)50-6)45-46(34)35)15-11-21-53-36-18-9-13-30-12-7-8-14-32(30)36/h7-10,12-14,16-18,26-27H,11,15,19-25H2,1-6H3,(H,43,47)(H,44,49). The number of aromatic nitrogens is 2. The lowest BCUT2D eigenvalue weighted by atomic mass is 9.96. The topological polar surface area (TPSA) is 139 Å². The van der Waals surface area contributed by atoms with Crippen LogP contribution in [-0.2, 0) is 25.4 Å². The molecule has 0 radical (unpaired) electrons. The maximum Gasteiger partial charge on any atom is 0.407 e. The van der Waals surface area contributed by atoms with Gasteiger partial charge in [0.2, 0.25) is 0 Å². The van der Waals surface area contributed by atoms with Gasteiger partial charge in [0.05, 0.1) is 51.4 Å². The molecule has 0 saturated carbocycles. The van der Waals surface area contributed by atoms with Crippen LogP contribution in [-0.4, -0.2) is 86.4 Å². The normalized spacial score (nSPS) is 11.4. The van der Waals surface area contributed by atoms with Crippen molar-refractivity contribution in [3.05, 3.63) is 101 Å². The van der Waals surface area contributed by atoms with Crippen LogP contribution in [0.3, 0.4) is 0 Å². The summed E-state index contributed by atoms with van der Waals surface area (Å²) >= 11 is 0. The molecule has 2 amide bonds. The van der Waals surface area contributed by atoms with Crippen molar-refractivity contribution in [3.8, 4) is 17.0 Å². The second-order valence-electron chi connectivity index (χ2n) is 13.9. The highest BCUT2D eigenvalue weighted by Gasteiger charge is 2.23. The number of pyridine rings is 1. The minimum atomic E-state index is -0.549. The Hall–Kier alpha value is -5.46. The Morgan fingerprint density at radius 1 is 0.796 bits per heavy atom. The van der Waals surface area contributed by atoms with Crippen molar-refractivity contribution in [3.63, 3.8) is 0 Å². The number of hydrogen-bond donors (Lipinski definition) is 2. The molecule has 12 heteroatoms. The Morgan fingerprint density at radius 2 is 1.46 bits per heavy atom. The Kier molecular flexibility index (Phi) is 13.6. The van der Waals surface area contributed by atoms with Gasteiger partial charge in [-0.2, -0.15) is 5.10 Å². The van der Waals surface area contributed by atoms with Gasteiger partial charge in [0.1, 0.15) is 11.4 Å². The minimum Gasteiger partial charge on any atom is -0.493 e. The van der Waals surface area contributed by atoms with E-state index in [2.05, 4.69) is 22.8 Å². The average Bonchev–Trinajstić information content (AvgIpc) is 3.51. The lowest BCUT2D eigenvalue weighted by Crippen LogP contribution is -2.34. The van der Waals surface area contributed by atoms with Crippen molar-refractivity contribution in [1.82, 2.24) is 20.2 Å². The number of amides is 2. The first-order valence-corrected chi connectivity index (χ1v) is 18.2. The second-order valence-corrected chi connectivity index (χ2v) is 13.9. The summed E-state index contributed by atoms with van der Waals surface area (Å²) in [6.07, 6.45) is 0.737. The summed E-state index contributed by atoms with van der Waals surface area (Å²) in [5.74, 6) is 0.114. The highest BCUT2D eigenvalue weighted by molar-refractivity contribution is 5.96. The van der Waals surface area contributed by atoms with Crippen molar-refractivity contribution in [1.29, 1.82) is 0 Å². The second kappa shape index (κ2) is 18.5. The number of aryl methyl sites for hydroxylation is 3. The fourth-order valence-corrected chi connectivity index (χ4v) is 6.27. The number of rotatable bonds is 17. The summed E-state index contributed by atoms with van der Waals surface area (Å²) in [5, 5.41) is 12.5. The SMILES string of the molecule is COC(=O)c1nn2c(-c3c(C)cc(C(=O)NCCOCCOCCNC(=O)OC(C)(C)C)cc3C)cccc2c1CCCOc1cccc2ccccc12. The van der Waals surface area contributed by atoms with Gasteiger partial charge in [-0.05, 0) is 94.3 Å². The summed E-state index contributed by atoms with van der Waals surface area (Å²) in [7, 11) is 1.36. The largest absolute Gasteiger partial charge is 0.493 e. The molecule has 0 aliphatic heterocycles. The number of ether oxygens (including phenoxy) is 5. The third kappa shape index (κ3) is 10.4. The van der Waals surface area contributed by atoms with Gasteiger partial charge in [-0.25, -0.2) is 14.1 Å². The predicted molar refractivity (Wildman–Crippen MR) is 207 cm³/mol. The van der Waals surface area contributed by atoms with E-state index in [4.69, 9.17) is 28.8 Å². The van der Waals surface area contributed by atoms with E-state index in [9.17, 15) is 14.4 Å². The Labute approximate surface area is 316 Å². The third-order valence-corrected chi connectivity index (χ3v) is 8.59. The lowest BCUT2D eigenvalue weighted by molar-refractivity contribution is 0.0400. The zero-order valence-electron chi connectivity index (χ0n) is 32.0. The van der Waals surface area contributed by atoms with Gasteiger partial charge in [0.25, 0.3) is 5.91 Å². The Bertz CT molecular complexity index is 2060. The maximum atomic E-state index is 13.1. The molecular weight excluding hydrogens is 688 g/mol. The van der Waals surface area contributed by atoms with Crippen molar-refractivity contribution in [2.24, 2.45) is 0 Å². The first-order valence-electron chi connectivity index (χ1n) is 18.2. The molecule has 0 unspecified atom stereocenters. The van der Waals surface area contributed by atoms with E-state index >= 15 is 0 Å². The highest BCUT2D eigenvalue weighted by Crippen LogP contribution is 2.32. The molecule has 54 heavy (non-hydrogen) atoms. The Morgan fingerprint density at radius 3 is 2.17 bits per heavy atom. The quantitative estimate of drug-likeness (QED) is 0.0774. The van der Waals surface area contributed by atoms with E-state index in [-0.39, 0.29) is 11.6 Å². The van der Waals surface area contributed by atoms with Crippen LogP contribution in [0.1, 0.15) is 64.7 Å². The van der Waals surface area contributed by atoms with E-state index in [1.165, 1.54) is 7.11 Å². The molecule has 2 N–H and O–H groups in total. The molecule has 0 spiro atoms. The molecule has 0 atom stereocenters. The molecule has 0 aliphatic rings. The molecule has 0 bridgehead atoms. The van der Waals surface area contributed by atoms with Gasteiger partial charge in [0.15, 0.2) is 5.69 Å². The highest BCUT2D eigenvalue weighted by atomic mass is 16.6. The number of fused-ring (bicyclic) bond motifs is 2. The molecule has 286 valence electrons. The van der Waals surface area contributed by atoms with E-state index in [0.29, 0.717) is 64.5 Å².